The number of hydrogen-bond donors (Lipinski definition) is 2. The topological polar surface area (TPSA) is 37.0 Å². The number of anilines is 3. The minimum Gasteiger partial charge on any atom is -0.384 e. The molecule has 94 valence electrons. The van der Waals surface area contributed by atoms with Gasteiger partial charge in [-0.2, -0.15) is 0 Å². The third kappa shape index (κ3) is 3.01. The number of nitrogens with zero attached hydrogens (tertiary/aromatic N) is 1. The number of aromatic nitrogens is 1. The highest BCUT2D eigenvalue weighted by atomic mass is 79.9. The van der Waals surface area contributed by atoms with Crippen molar-refractivity contribution < 1.29 is 0 Å². The number of benzene rings is 1. The first-order chi connectivity index (χ1) is 8.70. The molecule has 0 bridgehead atoms. The summed E-state index contributed by atoms with van der Waals surface area (Å²) in [5.41, 5.74) is 4.24. The summed E-state index contributed by atoms with van der Waals surface area (Å²) >= 11 is 3.59. The smallest absolute Gasteiger partial charge is 0.0591 e. The fourth-order valence-electron chi connectivity index (χ4n) is 1.71. The highest BCUT2D eigenvalue weighted by Gasteiger charge is 2.03. The average Bonchev–Trinajstić information content (AvgIpc) is 2.36. The molecule has 0 saturated carbocycles. The maximum atomic E-state index is 4.21. The Labute approximate surface area is 116 Å². The third-order valence-electron chi connectivity index (χ3n) is 2.59. The molecule has 0 aliphatic carbocycles. The van der Waals surface area contributed by atoms with Crippen LogP contribution in [0.15, 0.2) is 41.1 Å². The number of rotatable bonds is 4. The van der Waals surface area contributed by atoms with E-state index in [1.54, 1.807) is 0 Å². The van der Waals surface area contributed by atoms with Crippen LogP contribution in [-0.2, 0) is 0 Å². The van der Waals surface area contributed by atoms with E-state index < -0.39 is 0 Å². The Bertz CT molecular complexity index is 540. The van der Waals surface area contributed by atoms with Crippen molar-refractivity contribution in [2.24, 2.45) is 0 Å². The van der Waals surface area contributed by atoms with Crippen molar-refractivity contribution in [3.05, 3.63) is 46.7 Å². The SMILES string of the molecule is CCNc1cncc(Nc2cccc(C)c2Br)c1. The van der Waals surface area contributed by atoms with Crippen LogP contribution in [0, 0.1) is 6.92 Å². The van der Waals surface area contributed by atoms with Crippen LogP contribution in [0.1, 0.15) is 12.5 Å². The predicted molar refractivity (Wildman–Crippen MR) is 80.6 cm³/mol. The number of pyridine rings is 1. The molecule has 0 radical (unpaired) electrons. The molecule has 3 nitrogen and oxygen atoms in total. The molecule has 18 heavy (non-hydrogen) atoms. The van der Waals surface area contributed by atoms with E-state index in [1.165, 1.54) is 5.56 Å². The number of nitrogens with one attached hydrogen (secondary N) is 2. The van der Waals surface area contributed by atoms with Gasteiger partial charge >= 0.3 is 0 Å². The fourth-order valence-corrected chi connectivity index (χ4v) is 2.07. The zero-order chi connectivity index (χ0) is 13.0. The van der Waals surface area contributed by atoms with Crippen molar-refractivity contribution in [1.82, 2.24) is 4.98 Å². The van der Waals surface area contributed by atoms with Gasteiger partial charge in [0.05, 0.1) is 29.5 Å². The van der Waals surface area contributed by atoms with E-state index in [9.17, 15) is 0 Å². The molecule has 2 N–H and O–H groups in total. The highest BCUT2D eigenvalue weighted by molar-refractivity contribution is 9.10. The van der Waals surface area contributed by atoms with Crippen molar-refractivity contribution in [3.63, 3.8) is 0 Å². The molecule has 2 rings (SSSR count). The molecule has 0 aliphatic rings. The number of halogens is 1. The lowest BCUT2D eigenvalue weighted by Crippen LogP contribution is -1.99. The second kappa shape index (κ2) is 5.87. The third-order valence-corrected chi connectivity index (χ3v) is 3.64. The molecule has 0 unspecified atom stereocenters. The van der Waals surface area contributed by atoms with Gasteiger partial charge in [0, 0.05) is 11.0 Å². The minimum absolute atomic E-state index is 0.888. The Morgan fingerprint density at radius 2 is 2.00 bits per heavy atom. The molecule has 0 fully saturated rings. The van der Waals surface area contributed by atoms with Gasteiger partial charge in [-0.25, -0.2) is 0 Å². The molecule has 2 aromatic rings. The first-order valence-corrected chi connectivity index (χ1v) is 6.71. The monoisotopic (exact) mass is 305 g/mol. The summed E-state index contributed by atoms with van der Waals surface area (Å²) in [7, 11) is 0. The first-order valence-electron chi connectivity index (χ1n) is 5.91. The summed E-state index contributed by atoms with van der Waals surface area (Å²) in [6.07, 6.45) is 3.63. The van der Waals surface area contributed by atoms with Crippen LogP contribution in [0.2, 0.25) is 0 Å². The Kier molecular flexibility index (Phi) is 4.20. The van der Waals surface area contributed by atoms with Crippen molar-refractivity contribution in [2.75, 3.05) is 17.2 Å². The van der Waals surface area contributed by atoms with E-state index in [1.807, 2.05) is 30.6 Å². The van der Waals surface area contributed by atoms with Crippen LogP contribution in [0.25, 0.3) is 0 Å². The van der Waals surface area contributed by atoms with Crippen molar-refractivity contribution >= 4 is 33.0 Å². The fraction of sp³-hybridized carbons (Fsp3) is 0.214. The van der Waals surface area contributed by atoms with Crippen molar-refractivity contribution in [3.8, 4) is 0 Å². The number of hydrogen-bond acceptors (Lipinski definition) is 3. The molecule has 0 amide bonds. The minimum atomic E-state index is 0.888. The van der Waals surface area contributed by atoms with Gasteiger partial charge in [-0.05, 0) is 47.5 Å². The molecular formula is C14H16BrN3. The number of aryl methyl sites for hydroxylation is 1. The maximum Gasteiger partial charge on any atom is 0.0591 e. The van der Waals surface area contributed by atoms with Crippen LogP contribution >= 0.6 is 15.9 Å². The van der Waals surface area contributed by atoms with Crippen molar-refractivity contribution in [2.45, 2.75) is 13.8 Å². The van der Waals surface area contributed by atoms with E-state index in [0.29, 0.717) is 0 Å². The van der Waals surface area contributed by atoms with Crippen LogP contribution in [0.5, 0.6) is 0 Å². The zero-order valence-corrected chi connectivity index (χ0v) is 12.1. The van der Waals surface area contributed by atoms with Crippen LogP contribution in [-0.4, -0.2) is 11.5 Å². The van der Waals surface area contributed by atoms with E-state index in [4.69, 9.17) is 0 Å². The average molecular weight is 306 g/mol. The Balaban J connectivity index is 2.23. The van der Waals surface area contributed by atoms with Crippen LogP contribution in [0.3, 0.4) is 0 Å². The second-order valence-corrected chi connectivity index (χ2v) is 4.85. The quantitative estimate of drug-likeness (QED) is 0.883. The lowest BCUT2D eigenvalue weighted by molar-refractivity contribution is 1.19. The Morgan fingerprint density at radius 1 is 1.22 bits per heavy atom. The highest BCUT2D eigenvalue weighted by Crippen LogP contribution is 2.28. The molecule has 1 heterocycles. The molecule has 0 aliphatic heterocycles. The molecule has 0 spiro atoms. The van der Waals surface area contributed by atoms with Gasteiger partial charge in [0.2, 0.25) is 0 Å². The molecule has 4 heteroatoms. The Hall–Kier alpha value is -1.55. The first kappa shape index (κ1) is 12.9. The van der Waals surface area contributed by atoms with Gasteiger partial charge in [-0.15, -0.1) is 0 Å². The van der Waals surface area contributed by atoms with Crippen LogP contribution < -0.4 is 10.6 Å². The largest absolute Gasteiger partial charge is 0.384 e. The van der Waals surface area contributed by atoms with Gasteiger partial charge in [-0.1, -0.05) is 12.1 Å². The van der Waals surface area contributed by atoms with E-state index in [0.717, 1.165) is 28.1 Å². The maximum absolute atomic E-state index is 4.21. The molecule has 1 aromatic carbocycles. The lowest BCUT2D eigenvalue weighted by atomic mass is 10.2. The van der Waals surface area contributed by atoms with E-state index in [-0.39, 0.29) is 0 Å². The summed E-state index contributed by atoms with van der Waals surface area (Å²) in [5, 5.41) is 6.61. The van der Waals surface area contributed by atoms with Crippen molar-refractivity contribution in [1.29, 1.82) is 0 Å². The summed E-state index contributed by atoms with van der Waals surface area (Å²) in [6.45, 7) is 5.03. The normalized spacial score (nSPS) is 10.2. The van der Waals surface area contributed by atoms with E-state index >= 15 is 0 Å². The molecule has 0 atom stereocenters. The molecular weight excluding hydrogens is 290 g/mol. The van der Waals surface area contributed by atoms with Gasteiger partial charge in [0.15, 0.2) is 0 Å². The summed E-state index contributed by atoms with van der Waals surface area (Å²) in [4.78, 5) is 4.21. The van der Waals surface area contributed by atoms with Crippen LogP contribution in [0.4, 0.5) is 17.1 Å². The van der Waals surface area contributed by atoms with Gasteiger partial charge < -0.3 is 10.6 Å². The molecule has 1 aromatic heterocycles. The van der Waals surface area contributed by atoms with Gasteiger partial charge in [0.1, 0.15) is 0 Å². The lowest BCUT2D eigenvalue weighted by Gasteiger charge is -2.11. The molecule has 0 saturated heterocycles. The summed E-state index contributed by atoms with van der Waals surface area (Å²) < 4.78 is 1.08. The second-order valence-electron chi connectivity index (χ2n) is 4.05. The summed E-state index contributed by atoms with van der Waals surface area (Å²) in [6, 6.07) is 8.19. The van der Waals surface area contributed by atoms with E-state index in [2.05, 4.69) is 51.5 Å². The predicted octanol–water partition coefficient (Wildman–Crippen LogP) is 4.33. The zero-order valence-electron chi connectivity index (χ0n) is 10.5. The van der Waals surface area contributed by atoms with Gasteiger partial charge in [-0.3, -0.25) is 4.98 Å². The van der Waals surface area contributed by atoms with Gasteiger partial charge in [0.25, 0.3) is 0 Å². The standard InChI is InChI=1S/C14H16BrN3/c1-3-17-11-7-12(9-16-8-11)18-13-6-4-5-10(2)14(13)15/h4-9,17-18H,3H2,1-2H3. The Morgan fingerprint density at radius 3 is 2.78 bits per heavy atom. The summed E-state index contributed by atoms with van der Waals surface area (Å²) in [5.74, 6) is 0.